The van der Waals surface area contributed by atoms with Gasteiger partial charge in [-0.15, -0.1) is 0 Å². The van der Waals surface area contributed by atoms with Crippen molar-refractivity contribution in [1.29, 1.82) is 0 Å². The minimum Gasteiger partial charge on any atom is -0.334 e. The van der Waals surface area contributed by atoms with Crippen LogP contribution in [0.4, 0.5) is 19.7 Å². The summed E-state index contributed by atoms with van der Waals surface area (Å²) in [5.74, 6) is -0.296. The lowest BCUT2D eigenvalue weighted by Crippen LogP contribution is -2.42. The number of urea groups is 1. The number of hydrazone groups is 1. The molecule has 2 aliphatic rings. The van der Waals surface area contributed by atoms with Crippen molar-refractivity contribution in [1.82, 2.24) is 10.7 Å². The number of fused-ring (bicyclic) bond motifs is 1. The summed E-state index contributed by atoms with van der Waals surface area (Å²) >= 11 is 1.21. The number of amides is 3. The summed E-state index contributed by atoms with van der Waals surface area (Å²) in [7, 11) is 0. The Morgan fingerprint density at radius 2 is 2.10 bits per heavy atom. The number of anilines is 1. The van der Waals surface area contributed by atoms with Crippen LogP contribution >= 0.6 is 11.8 Å². The van der Waals surface area contributed by atoms with Crippen LogP contribution in [0.3, 0.4) is 0 Å². The second-order valence-corrected chi connectivity index (χ2v) is 8.35. The van der Waals surface area contributed by atoms with Gasteiger partial charge in [-0.1, -0.05) is 30.0 Å². The monoisotopic (exact) mass is 412 g/mol. The second-order valence-electron chi connectivity index (χ2n) is 7.04. The molecule has 6 nitrogen and oxygen atoms in total. The molecule has 4 rings (SSSR count). The van der Waals surface area contributed by atoms with E-state index in [1.165, 1.54) is 23.9 Å². The maximum Gasteiger partial charge on any atom is 0.322 e. The lowest BCUT2D eigenvalue weighted by atomic mass is 9.97. The average molecular weight is 412 g/mol. The number of thioether (sulfide) groups is 1. The Morgan fingerprint density at radius 1 is 1.31 bits per heavy atom. The number of carbonyl (C=O) groups excluding carboxylic acids is 2. The van der Waals surface area contributed by atoms with Crippen LogP contribution in [0, 0.1) is 5.82 Å². The zero-order valence-corrected chi connectivity index (χ0v) is 16.8. The normalized spacial score (nSPS) is 18.6. The molecule has 8 heteroatoms. The van der Waals surface area contributed by atoms with Crippen molar-refractivity contribution in [3.05, 3.63) is 65.0 Å². The third-order valence-electron chi connectivity index (χ3n) is 5.03. The predicted octanol–water partition coefficient (Wildman–Crippen LogP) is 4.04. The molecular formula is C21H21FN4O2S. The number of carbonyl (C=O) groups is 2. The Morgan fingerprint density at radius 3 is 2.86 bits per heavy atom. The fourth-order valence-electron chi connectivity index (χ4n) is 3.58. The lowest BCUT2D eigenvalue weighted by molar-refractivity contribution is 0.245. The number of nitrogens with one attached hydrogen (secondary N) is 2. The largest absolute Gasteiger partial charge is 0.334 e. The smallest absolute Gasteiger partial charge is 0.322 e. The molecule has 3 amide bonds. The highest BCUT2D eigenvalue weighted by Gasteiger charge is 2.26. The van der Waals surface area contributed by atoms with Crippen molar-refractivity contribution < 1.29 is 14.0 Å². The lowest BCUT2D eigenvalue weighted by Gasteiger charge is -2.30. The molecule has 150 valence electrons. The van der Waals surface area contributed by atoms with E-state index in [1.54, 1.807) is 17.0 Å². The molecule has 0 aromatic heterocycles. The van der Waals surface area contributed by atoms with Gasteiger partial charge in [0.25, 0.3) is 5.24 Å². The van der Waals surface area contributed by atoms with E-state index in [-0.39, 0.29) is 22.3 Å². The van der Waals surface area contributed by atoms with Crippen LogP contribution < -0.4 is 15.6 Å². The van der Waals surface area contributed by atoms with Gasteiger partial charge in [-0.2, -0.15) is 5.10 Å². The van der Waals surface area contributed by atoms with Gasteiger partial charge in [-0.25, -0.2) is 14.6 Å². The minimum atomic E-state index is -0.296. The average Bonchev–Trinajstić information content (AvgIpc) is 2.72. The quantitative estimate of drug-likeness (QED) is 0.799. The third kappa shape index (κ3) is 4.27. The second kappa shape index (κ2) is 8.24. The molecule has 2 aliphatic heterocycles. The van der Waals surface area contributed by atoms with Crippen molar-refractivity contribution in [3.8, 4) is 0 Å². The summed E-state index contributed by atoms with van der Waals surface area (Å²) < 4.78 is 13.0. The van der Waals surface area contributed by atoms with Gasteiger partial charge in [0.15, 0.2) is 0 Å². The predicted molar refractivity (Wildman–Crippen MR) is 113 cm³/mol. The van der Waals surface area contributed by atoms with Crippen LogP contribution in [-0.4, -0.2) is 28.8 Å². The molecule has 0 fully saturated rings. The van der Waals surface area contributed by atoms with Gasteiger partial charge >= 0.3 is 6.03 Å². The number of aryl methyl sites for hydroxylation is 1. The van der Waals surface area contributed by atoms with E-state index in [4.69, 9.17) is 0 Å². The van der Waals surface area contributed by atoms with Crippen molar-refractivity contribution in [3.63, 3.8) is 0 Å². The van der Waals surface area contributed by atoms with Gasteiger partial charge in [0, 0.05) is 18.8 Å². The first-order chi connectivity index (χ1) is 14.0. The van der Waals surface area contributed by atoms with Crippen molar-refractivity contribution in [2.24, 2.45) is 5.10 Å². The minimum absolute atomic E-state index is 0.0273. The van der Waals surface area contributed by atoms with Gasteiger partial charge in [-0.3, -0.25) is 9.69 Å². The SMILES string of the molecule is CC1SC(=O)NN=C1c1ccc2c(c1)CCCN2C(=O)NCc1ccc(F)cc1. The Hall–Kier alpha value is -2.87. The van der Waals surface area contributed by atoms with Gasteiger partial charge in [0.2, 0.25) is 0 Å². The molecular weight excluding hydrogens is 391 g/mol. The van der Waals surface area contributed by atoms with Gasteiger partial charge in [0.1, 0.15) is 5.82 Å². The topological polar surface area (TPSA) is 73.8 Å². The highest BCUT2D eigenvalue weighted by Crippen LogP contribution is 2.30. The summed E-state index contributed by atoms with van der Waals surface area (Å²) in [6.07, 6.45) is 1.75. The van der Waals surface area contributed by atoms with E-state index < -0.39 is 0 Å². The highest BCUT2D eigenvalue weighted by molar-refractivity contribution is 8.14. The van der Waals surface area contributed by atoms with E-state index in [9.17, 15) is 14.0 Å². The molecule has 0 saturated heterocycles. The van der Waals surface area contributed by atoms with Crippen molar-refractivity contribution in [2.75, 3.05) is 11.4 Å². The molecule has 0 bridgehead atoms. The zero-order chi connectivity index (χ0) is 20.4. The number of hydrogen-bond donors (Lipinski definition) is 2. The molecule has 29 heavy (non-hydrogen) atoms. The maximum atomic E-state index is 13.0. The summed E-state index contributed by atoms with van der Waals surface area (Å²) in [4.78, 5) is 25.9. The van der Waals surface area contributed by atoms with E-state index in [0.717, 1.165) is 40.9 Å². The molecule has 1 atom stereocenters. The Bertz CT molecular complexity index is 977. The number of nitrogens with zero attached hydrogens (tertiary/aromatic N) is 2. The number of benzene rings is 2. The summed E-state index contributed by atoms with van der Waals surface area (Å²) in [5, 5.41) is 6.94. The standard InChI is InChI=1S/C21H21FN4O2S/c1-13-19(24-25-21(28)29-13)16-6-9-18-15(11-16)3-2-10-26(18)20(27)23-12-14-4-7-17(22)8-5-14/h4-9,11,13H,2-3,10,12H2,1H3,(H,23,27)(H,25,28). The number of halogens is 1. The van der Waals surface area contributed by atoms with E-state index in [0.29, 0.717) is 13.1 Å². The van der Waals surface area contributed by atoms with Gasteiger partial charge in [-0.05, 0) is 60.7 Å². The van der Waals surface area contributed by atoms with Crippen LogP contribution in [0.1, 0.15) is 30.0 Å². The first kappa shape index (κ1) is 19.4. The van der Waals surface area contributed by atoms with Crippen molar-refractivity contribution in [2.45, 2.75) is 31.6 Å². The Labute approximate surface area is 172 Å². The van der Waals surface area contributed by atoms with Crippen LogP contribution in [0.2, 0.25) is 0 Å². The van der Waals surface area contributed by atoms with Crippen LogP contribution in [0.5, 0.6) is 0 Å². The van der Waals surface area contributed by atoms with Crippen LogP contribution in [-0.2, 0) is 13.0 Å². The fourth-order valence-corrected chi connectivity index (χ4v) is 4.30. The summed E-state index contributed by atoms with van der Waals surface area (Å²) in [6, 6.07) is 11.9. The molecule has 0 aliphatic carbocycles. The molecule has 0 radical (unpaired) electrons. The molecule has 2 aromatic carbocycles. The van der Waals surface area contributed by atoms with E-state index >= 15 is 0 Å². The molecule has 2 aromatic rings. The molecule has 2 N–H and O–H groups in total. The molecule has 1 unspecified atom stereocenters. The molecule has 2 heterocycles. The van der Waals surface area contributed by atoms with E-state index in [1.807, 2.05) is 19.1 Å². The van der Waals surface area contributed by atoms with Gasteiger partial charge < -0.3 is 5.32 Å². The Balaban J connectivity index is 1.50. The third-order valence-corrected chi connectivity index (χ3v) is 5.91. The number of rotatable bonds is 3. The van der Waals surface area contributed by atoms with Crippen LogP contribution in [0.25, 0.3) is 0 Å². The van der Waals surface area contributed by atoms with Gasteiger partial charge in [0.05, 0.1) is 11.0 Å². The summed E-state index contributed by atoms with van der Waals surface area (Å²) in [6.45, 7) is 2.94. The first-order valence-corrected chi connectivity index (χ1v) is 10.4. The fraction of sp³-hybridized carbons (Fsp3) is 0.286. The van der Waals surface area contributed by atoms with Crippen LogP contribution in [0.15, 0.2) is 47.6 Å². The zero-order valence-electron chi connectivity index (χ0n) is 15.9. The van der Waals surface area contributed by atoms with E-state index in [2.05, 4.69) is 21.9 Å². The maximum absolute atomic E-state index is 13.0. The molecule has 0 spiro atoms. The first-order valence-electron chi connectivity index (χ1n) is 9.48. The van der Waals surface area contributed by atoms with Crippen molar-refractivity contribution >= 4 is 34.4 Å². The molecule has 0 saturated carbocycles. The summed E-state index contributed by atoms with van der Waals surface area (Å²) in [5.41, 5.74) is 7.12. The number of hydrogen-bond acceptors (Lipinski definition) is 4. The Kier molecular flexibility index (Phi) is 5.53. The highest BCUT2D eigenvalue weighted by atomic mass is 32.2.